The summed E-state index contributed by atoms with van der Waals surface area (Å²) >= 11 is 0. The van der Waals surface area contributed by atoms with Gasteiger partial charge in [0, 0.05) is 0 Å². The first-order valence-electron chi connectivity index (χ1n) is 5.16. The lowest BCUT2D eigenvalue weighted by Gasteiger charge is -1.88. The van der Waals surface area contributed by atoms with E-state index in [9.17, 15) is 24.6 Å². The molecule has 0 spiro atoms. The topological polar surface area (TPSA) is 399 Å². The van der Waals surface area contributed by atoms with Crippen molar-refractivity contribution in [3.63, 3.8) is 0 Å². The quantitative estimate of drug-likeness (QED) is 0.0691. The van der Waals surface area contributed by atoms with E-state index >= 15 is 0 Å². The van der Waals surface area contributed by atoms with Gasteiger partial charge in [-0.25, -0.2) is 24.6 Å². The third-order valence-electron chi connectivity index (χ3n) is 0. The molecule has 0 rings (SSSR count). The molecule has 21 N–H and O–H groups in total. The second-order valence-electron chi connectivity index (χ2n) is 3.32. The Morgan fingerprint density at radius 2 is 0.226 bits per heavy atom. The van der Waals surface area contributed by atoms with Crippen LogP contribution in [0.15, 0.2) is 0 Å². The number of rotatable bonds is 0. The zero-order chi connectivity index (χ0) is 27.0. The van der Waals surface area contributed by atoms with Crippen molar-refractivity contribution in [3.05, 3.63) is 0 Å². The van der Waals surface area contributed by atoms with Crippen LogP contribution in [-0.4, -0.2) is 141 Å². The van der Waals surface area contributed by atoms with Crippen molar-refractivity contribution in [2.45, 2.75) is 0 Å². The van der Waals surface area contributed by atoms with Gasteiger partial charge < -0.3 is 92.5 Å². The molecule has 19 nitrogen and oxygen atoms in total. The fourth-order valence-corrected chi connectivity index (χ4v) is 0. The monoisotopic (exact) mass is 605 g/mol. The molecule has 200 valence electrons. The minimum absolute atomic E-state index is 0. The van der Waals surface area contributed by atoms with Gasteiger partial charge in [0.05, 0.1) is 0 Å². The van der Waals surface area contributed by atoms with Crippen LogP contribution in [0.25, 0.3) is 0 Å². The SMILES string of the molecule is N.O[Si](O)(O)F.O[Si](O)(O)F.O[Si](O)(O)F.O[Si](O)(O)F.O[Si](O)(O)F.O[Si](O)(O)F. The first-order chi connectivity index (χ1) is 12.0. The summed E-state index contributed by atoms with van der Waals surface area (Å²) in [5.41, 5.74) is 0. The Morgan fingerprint density at radius 1 is 0.226 bits per heavy atom. The van der Waals surface area contributed by atoms with Gasteiger partial charge in [-0.15, -0.1) is 0 Å². The summed E-state index contributed by atoms with van der Waals surface area (Å²) in [6, 6.07) is 0. The molecule has 0 heterocycles. The van der Waals surface area contributed by atoms with Gasteiger partial charge in [0.2, 0.25) is 0 Å². The highest BCUT2D eigenvalue weighted by Gasteiger charge is 2.28. The van der Waals surface area contributed by atoms with E-state index in [4.69, 9.17) is 86.3 Å². The van der Waals surface area contributed by atoms with Crippen molar-refractivity contribution in [2.24, 2.45) is 0 Å². The molecule has 0 aromatic rings. The average Bonchev–Trinajstić information content (AvgIpc) is 1.94. The summed E-state index contributed by atoms with van der Waals surface area (Å²) in [6.45, 7) is 0. The number of hydrogen-bond donors (Lipinski definition) is 19. The summed E-state index contributed by atoms with van der Waals surface area (Å²) < 4.78 is 63.0. The highest BCUT2D eigenvalue weighted by molar-refractivity contribution is 6.49. The lowest BCUT2D eigenvalue weighted by atomic mass is 14.0. The molecule has 0 aliphatic carbocycles. The Morgan fingerprint density at radius 3 is 0.226 bits per heavy atom. The van der Waals surface area contributed by atoms with Gasteiger partial charge >= 0.3 is 54.8 Å². The summed E-state index contributed by atoms with van der Waals surface area (Å²) in [4.78, 5) is 128. The molecule has 0 amide bonds. The summed E-state index contributed by atoms with van der Waals surface area (Å²) in [6.07, 6.45) is 0. The zero-order valence-corrected chi connectivity index (χ0v) is 20.0. The summed E-state index contributed by atoms with van der Waals surface area (Å²) in [5, 5.41) is 0. The van der Waals surface area contributed by atoms with Crippen LogP contribution in [0.2, 0.25) is 0 Å². The van der Waals surface area contributed by atoms with E-state index in [0.717, 1.165) is 0 Å². The van der Waals surface area contributed by atoms with Crippen LogP contribution in [0.4, 0.5) is 24.6 Å². The molecule has 0 fully saturated rings. The van der Waals surface area contributed by atoms with E-state index in [1.165, 1.54) is 0 Å². The predicted molar refractivity (Wildman–Crippen MR) is 86.1 cm³/mol. The predicted octanol–water partition coefficient (Wildman–Crippen LogP) is -9.63. The largest absolute Gasteiger partial charge is 0.711 e. The molecule has 0 unspecified atom stereocenters. The zero-order valence-electron chi connectivity index (χ0n) is 14.0. The van der Waals surface area contributed by atoms with Crippen molar-refractivity contribution in [1.29, 1.82) is 0 Å². The average molecular weight is 606 g/mol. The first kappa shape index (κ1) is 48.5. The van der Waals surface area contributed by atoms with Crippen molar-refractivity contribution >= 4 is 54.8 Å². The molecule has 0 aliphatic heterocycles. The lowest BCUT2D eigenvalue weighted by Crippen LogP contribution is -2.27. The fourth-order valence-electron chi connectivity index (χ4n) is 0. The molecule has 31 heteroatoms. The molecule has 0 aromatic heterocycles. The molecule has 0 saturated carbocycles. The van der Waals surface area contributed by atoms with Crippen LogP contribution in [0.5, 0.6) is 0 Å². The molecule has 0 saturated heterocycles. The molecule has 0 bridgehead atoms. The third kappa shape index (κ3) is 1620000. The van der Waals surface area contributed by atoms with E-state index in [1.54, 1.807) is 0 Å². The van der Waals surface area contributed by atoms with E-state index in [2.05, 4.69) is 0 Å². The number of hydrogen-bond acceptors (Lipinski definition) is 19. The normalized spacial score (nSPS) is 11.6. The highest BCUT2D eigenvalue weighted by Crippen LogP contribution is 1.82. The molecule has 0 radical (unpaired) electrons. The van der Waals surface area contributed by atoms with E-state index < -0.39 is 54.8 Å². The maximum Gasteiger partial charge on any atom is 0.711 e. The van der Waals surface area contributed by atoms with Gasteiger partial charge in [0.1, 0.15) is 0 Å². The molecule has 0 atom stereocenters. The van der Waals surface area contributed by atoms with Gasteiger partial charge in [-0.05, 0) is 0 Å². The Balaban J connectivity index is -0.0000000443. The van der Waals surface area contributed by atoms with Crippen LogP contribution in [0, 0.1) is 0 Å². The van der Waals surface area contributed by atoms with Gasteiger partial charge in [0.25, 0.3) is 0 Å². The minimum atomic E-state index is -5.11. The fraction of sp³-hybridized carbons (Fsp3) is 0. The molecular weight excluding hydrogens is 584 g/mol. The van der Waals surface area contributed by atoms with Gasteiger partial charge in [-0.2, -0.15) is 0 Å². The molecule has 31 heavy (non-hydrogen) atoms. The molecule has 0 aromatic carbocycles. The molecule has 0 aliphatic rings. The Labute approximate surface area is 172 Å². The van der Waals surface area contributed by atoms with Crippen LogP contribution in [0.3, 0.4) is 0 Å². The summed E-state index contributed by atoms with van der Waals surface area (Å²) in [5.74, 6) is 0. The van der Waals surface area contributed by atoms with Crippen molar-refractivity contribution < 1.29 is 111 Å². The smallest absolute Gasteiger partial charge is 0.365 e. The Bertz CT molecular complexity index is 234. The lowest BCUT2D eigenvalue weighted by molar-refractivity contribution is 0.162. The minimum Gasteiger partial charge on any atom is -0.365 e. The second-order valence-corrected chi connectivity index (χ2v) is 9.96. The van der Waals surface area contributed by atoms with E-state index in [-0.39, 0.29) is 6.15 Å². The van der Waals surface area contributed by atoms with Crippen LogP contribution < -0.4 is 6.15 Å². The van der Waals surface area contributed by atoms with E-state index in [0.29, 0.717) is 0 Å². The standard InChI is InChI=1S/6FH3O3Si.H3N/c6*1-5(2,3)4;/h6*2-4H;1H3. The van der Waals surface area contributed by atoms with Crippen LogP contribution in [-0.2, 0) is 0 Å². The van der Waals surface area contributed by atoms with E-state index in [1.807, 2.05) is 0 Å². The first-order valence-corrected chi connectivity index (χ1v) is 15.5. The molecular formula is H21F6NO18Si6. The van der Waals surface area contributed by atoms with Gasteiger partial charge in [0.15, 0.2) is 0 Å². The number of halogens is 6. The van der Waals surface area contributed by atoms with Crippen molar-refractivity contribution in [3.8, 4) is 0 Å². The Kier molecular flexibility index (Phi) is 30.6. The van der Waals surface area contributed by atoms with Crippen LogP contribution >= 0.6 is 0 Å². The van der Waals surface area contributed by atoms with Crippen molar-refractivity contribution in [1.82, 2.24) is 6.15 Å². The second kappa shape index (κ2) is 19.6. The third-order valence-corrected chi connectivity index (χ3v) is 0. The van der Waals surface area contributed by atoms with Gasteiger partial charge in [-0.1, -0.05) is 0 Å². The Hall–Kier alpha value is 0.121. The van der Waals surface area contributed by atoms with Crippen molar-refractivity contribution in [2.75, 3.05) is 0 Å². The summed E-state index contributed by atoms with van der Waals surface area (Å²) in [7, 11) is -30.7. The van der Waals surface area contributed by atoms with Gasteiger partial charge in [-0.3, -0.25) is 0 Å². The maximum absolute atomic E-state index is 10.5. The highest BCUT2D eigenvalue weighted by atomic mass is 28.4. The van der Waals surface area contributed by atoms with Crippen LogP contribution in [0.1, 0.15) is 0 Å². The maximum atomic E-state index is 10.5.